The van der Waals surface area contributed by atoms with Crippen molar-refractivity contribution in [3.8, 4) is 11.3 Å². The van der Waals surface area contributed by atoms with Gasteiger partial charge in [0, 0.05) is 55.5 Å². The zero-order valence-electron chi connectivity index (χ0n) is 20.2. The van der Waals surface area contributed by atoms with Gasteiger partial charge < -0.3 is 10.0 Å². The minimum Gasteiger partial charge on any atom is -0.390 e. The molecule has 2 N–H and O–H groups in total. The maximum atomic E-state index is 15.6. The molecule has 3 amide bonds. The highest BCUT2D eigenvalue weighted by Crippen LogP contribution is 2.44. The number of carbonyl (C=O) groups excluding carboxylic acids is 3. The smallest absolute Gasteiger partial charge is 0.255 e. The van der Waals surface area contributed by atoms with Crippen LogP contribution < -0.4 is 5.32 Å². The monoisotopic (exact) mass is 492 g/mol. The largest absolute Gasteiger partial charge is 0.390 e. The van der Waals surface area contributed by atoms with Crippen molar-refractivity contribution in [2.75, 3.05) is 13.1 Å². The molecule has 0 bridgehead atoms. The summed E-state index contributed by atoms with van der Waals surface area (Å²) in [5, 5.41) is 12.6. The number of fused-ring (bicyclic) bond motifs is 2. The number of pyridine rings is 1. The second-order valence-electron chi connectivity index (χ2n) is 11.0. The Labute approximate surface area is 208 Å². The van der Waals surface area contributed by atoms with Crippen molar-refractivity contribution in [2.45, 2.75) is 57.3 Å². The molecule has 1 saturated carbocycles. The molecule has 3 unspecified atom stereocenters. The molecule has 1 aromatic heterocycles. The summed E-state index contributed by atoms with van der Waals surface area (Å²) in [5.74, 6) is -0.507. The van der Waals surface area contributed by atoms with Gasteiger partial charge in [-0.05, 0) is 61.8 Å². The lowest BCUT2D eigenvalue weighted by Crippen LogP contribution is -2.52. The average Bonchev–Trinajstić information content (AvgIpc) is 3.43. The summed E-state index contributed by atoms with van der Waals surface area (Å²) in [7, 11) is 0. The molecule has 188 valence electrons. The van der Waals surface area contributed by atoms with E-state index >= 15 is 4.39 Å². The number of nitrogens with one attached hydrogen (secondary N) is 1. The minimum absolute atomic E-state index is 0.196. The molecule has 4 heterocycles. The van der Waals surface area contributed by atoms with Gasteiger partial charge in [0.2, 0.25) is 11.8 Å². The Morgan fingerprint density at radius 3 is 2.64 bits per heavy atom. The zero-order chi connectivity index (χ0) is 25.2. The molecule has 2 saturated heterocycles. The van der Waals surface area contributed by atoms with Gasteiger partial charge >= 0.3 is 0 Å². The number of aromatic nitrogens is 1. The second kappa shape index (κ2) is 8.45. The molecule has 3 atom stereocenters. The van der Waals surface area contributed by atoms with Crippen LogP contribution in [0.15, 0.2) is 30.5 Å². The van der Waals surface area contributed by atoms with Gasteiger partial charge in [-0.3, -0.25) is 29.6 Å². The average molecular weight is 493 g/mol. The quantitative estimate of drug-likeness (QED) is 0.635. The van der Waals surface area contributed by atoms with E-state index < -0.39 is 17.6 Å². The Balaban J connectivity index is 1.20. The van der Waals surface area contributed by atoms with Crippen LogP contribution in [0.5, 0.6) is 0 Å². The molecule has 0 radical (unpaired) electrons. The predicted octanol–water partition coefficient (Wildman–Crippen LogP) is 2.24. The topological polar surface area (TPSA) is 103 Å². The van der Waals surface area contributed by atoms with Gasteiger partial charge in [-0.2, -0.15) is 0 Å². The Morgan fingerprint density at radius 2 is 1.92 bits per heavy atom. The van der Waals surface area contributed by atoms with Crippen molar-refractivity contribution in [3.63, 3.8) is 0 Å². The molecule has 0 spiro atoms. The molecule has 1 aromatic carbocycles. The molecule has 4 aliphatic rings. The third-order valence-corrected chi connectivity index (χ3v) is 8.22. The molecule has 9 heteroatoms. The van der Waals surface area contributed by atoms with E-state index in [1.807, 2.05) is 6.92 Å². The van der Waals surface area contributed by atoms with Gasteiger partial charge in [0.25, 0.3) is 5.91 Å². The number of aliphatic hydroxyl groups is 1. The van der Waals surface area contributed by atoms with Gasteiger partial charge in [-0.1, -0.05) is 6.07 Å². The van der Waals surface area contributed by atoms with Crippen molar-refractivity contribution >= 4 is 17.7 Å². The Hall–Kier alpha value is -3.17. The van der Waals surface area contributed by atoms with E-state index in [2.05, 4.69) is 15.2 Å². The summed E-state index contributed by atoms with van der Waals surface area (Å²) in [4.78, 5) is 44.8. The molecule has 8 nitrogen and oxygen atoms in total. The third-order valence-electron chi connectivity index (χ3n) is 8.22. The lowest BCUT2D eigenvalue weighted by Gasteiger charge is -2.29. The summed E-state index contributed by atoms with van der Waals surface area (Å²) in [6.07, 6.45) is 3.69. The van der Waals surface area contributed by atoms with E-state index in [1.165, 1.54) is 4.90 Å². The normalized spacial score (nSPS) is 30.0. The summed E-state index contributed by atoms with van der Waals surface area (Å²) < 4.78 is 15.6. The Bertz CT molecular complexity index is 1260. The van der Waals surface area contributed by atoms with Crippen LogP contribution in [0, 0.1) is 17.7 Å². The maximum absolute atomic E-state index is 15.6. The summed E-state index contributed by atoms with van der Waals surface area (Å²) in [5.41, 5.74) is 2.02. The minimum atomic E-state index is -0.687. The Morgan fingerprint density at radius 1 is 1.17 bits per heavy atom. The number of hydrogen-bond donors (Lipinski definition) is 2. The van der Waals surface area contributed by atoms with E-state index in [9.17, 15) is 19.5 Å². The number of rotatable bonds is 4. The number of piperidine rings is 1. The zero-order valence-corrected chi connectivity index (χ0v) is 20.2. The molecule has 1 aliphatic carbocycles. The number of likely N-dealkylation sites (tertiary alicyclic amines) is 1. The Kier molecular flexibility index (Phi) is 5.46. The van der Waals surface area contributed by atoms with Crippen molar-refractivity contribution in [3.05, 3.63) is 53.0 Å². The standard InChI is InChI=1S/C27H29FN4O4/c1-27(36)9-18-12-31(13-19(18)10-27)11-16-6-7-29-24(23(16)28)15-2-3-20-17(8-15)14-32(26(20)35)21-4-5-22(33)30-25(21)34/h2-3,6-8,18-19,21,36H,4-5,9-14H2,1H3,(H,30,33,34). The predicted molar refractivity (Wildman–Crippen MR) is 128 cm³/mol. The molecule has 3 aliphatic heterocycles. The van der Waals surface area contributed by atoms with Gasteiger partial charge in [-0.25, -0.2) is 4.39 Å². The first-order valence-corrected chi connectivity index (χ1v) is 12.5. The molecule has 6 rings (SSSR count). The highest BCUT2D eigenvalue weighted by atomic mass is 19.1. The molecule has 36 heavy (non-hydrogen) atoms. The van der Waals surface area contributed by atoms with Crippen LogP contribution in [0.4, 0.5) is 4.39 Å². The van der Waals surface area contributed by atoms with Gasteiger partial charge in [0.15, 0.2) is 5.82 Å². The lowest BCUT2D eigenvalue weighted by molar-refractivity contribution is -0.136. The van der Waals surface area contributed by atoms with Crippen molar-refractivity contribution in [2.24, 2.45) is 11.8 Å². The third kappa shape index (κ3) is 4.00. The van der Waals surface area contributed by atoms with Crippen LogP contribution >= 0.6 is 0 Å². The fourth-order valence-corrected chi connectivity index (χ4v) is 6.61. The molecule has 3 fully saturated rings. The number of hydrogen-bond acceptors (Lipinski definition) is 6. The number of benzene rings is 1. The fourth-order valence-electron chi connectivity index (χ4n) is 6.61. The lowest BCUT2D eigenvalue weighted by atomic mass is 10.0. The van der Waals surface area contributed by atoms with Crippen LogP contribution in [-0.4, -0.2) is 62.3 Å². The summed E-state index contributed by atoms with van der Waals surface area (Å²) >= 11 is 0. The van der Waals surface area contributed by atoms with E-state index in [1.54, 1.807) is 30.5 Å². The number of amides is 3. The van der Waals surface area contributed by atoms with Crippen LogP contribution in [0.2, 0.25) is 0 Å². The second-order valence-corrected chi connectivity index (χ2v) is 11.0. The van der Waals surface area contributed by atoms with E-state index in [0.29, 0.717) is 47.1 Å². The van der Waals surface area contributed by atoms with Crippen molar-refractivity contribution < 1.29 is 23.9 Å². The highest BCUT2D eigenvalue weighted by Gasteiger charge is 2.45. The molecule has 2 aromatic rings. The fraction of sp³-hybridized carbons (Fsp3) is 0.481. The van der Waals surface area contributed by atoms with Gasteiger partial charge in [-0.15, -0.1) is 0 Å². The summed E-state index contributed by atoms with van der Waals surface area (Å²) in [6.45, 7) is 4.34. The van der Waals surface area contributed by atoms with E-state index in [0.717, 1.165) is 25.9 Å². The van der Waals surface area contributed by atoms with Crippen LogP contribution in [0.1, 0.15) is 54.1 Å². The van der Waals surface area contributed by atoms with Crippen LogP contribution in [-0.2, 0) is 22.7 Å². The molecular formula is C27H29FN4O4. The van der Waals surface area contributed by atoms with Crippen molar-refractivity contribution in [1.82, 2.24) is 20.1 Å². The highest BCUT2D eigenvalue weighted by molar-refractivity contribution is 6.05. The number of nitrogens with zero attached hydrogens (tertiary/aromatic N) is 3. The van der Waals surface area contributed by atoms with Crippen LogP contribution in [0.3, 0.4) is 0 Å². The number of halogens is 1. The van der Waals surface area contributed by atoms with Gasteiger partial charge in [0.1, 0.15) is 11.7 Å². The molecular weight excluding hydrogens is 463 g/mol. The van der Waals surface area contributed by atoms with E-state index in [-0.39, 0.29) is 36.3 Å². The van der Waals surface area contributed by atoms with Crippen LogP contribution in [0.25, 0.3) is 11.3 Å². The van der Waals surface area contributed by atoms with E-state index in [4.69, 9.17) is 0 Å². The SMILES string of the molecule is CC1(O)CC2CN(Cc3ccnc(-c4ccc5c(c4)CN(C4CCC(=O)NC4=O)C5=O)c3F)CC2C1. The maximum Gasteiger partial charge on any atom is 0.255 e. The number of carbonyl (C=O) groups is 3. The summed E-state index contributed by atoms with van der Waals surface area (Å²) in [6, 6.07) is 6.16. The first-order valence-electron chi connectivity index (χ1n) is 12.5. The van der Waals surface area contributed by atoms with Crippen molar-refractivity contribution in [1.29, 1.82) is 0 Å². The number of imide groups is 1. The first-order chi connectivity index (χ1) is 17.2. The first kappa shape index (κ1) is 23.2. The van der Waals surface area contributed by atoms with Gasteiger partial charge in [0.05, 0.1) is 5.60 Å².